The van der Waals surface area contributed by atoms with Crippen molar-refractivity contribution in [3.63, 3.8) is 0 Å². The Hall–Kier alpha value is -0.910. The van der Waals surface area contributed by atoms with Crippen LogP contribution >= 0.6 is 0 Å². The van der Waals surface area contributed by atoms with Crippen LogP contribution in [0.15, 0.2) is 12.2 Å². The van der Waals surface area contributed by atoms with Crippen LogP contribution in [0.1, 0.15) is 258 Å². The van der Waals surface area contributed by atoms with Crippen molar-refractivity contribution in [3.05, 3.63) is 12.2 Å². The normalized spacial score (nSPS) is 13.6. The molecule has 5 nitrogen and oxygen atoms in total. The SMILES string of the molecule is CCCCCCCCCCCCCC/C=C\CCCCCCCCCCCC(O)C(=O)NC(CO)C(O)CCCCCCCCCCCCCCC. The fourth-order valence-electron chi connectivity index (χ4n) is 7.42. The number of amides is 1. The van der Waals surface area contributed by atoms with Crippen molar-refractivity contribution in [2.75, 3.05) is 6.61 Å². The number of nitrogens with one attached hydrogen (secondary N) is 1. The van der Waals surface area contributed by atoms with Crippen LogP contribution in [0, 0.1) is 0 Å². The van der Waals surface area contributed by atoms with Gasteiger partial charge in [0, 0.05) is 0 Å². The van der Waals surface area contributed by atoms with Crippen molar-refractivity contribution in [2.24, 2.45) is 0 Å². The van der Waals surface area contributed by atoms with Crippen LogP contribution in [0.3, 0.4) is 0 Å². The van der Waals surface area contributed by atoms with E-state index in [2.05, 4.69) is 31.3 Å². The van der Waals surface area contributed by atoms with Crippen molar-refractivity contribution in [1.82, 2.24) is 5.32 Å². The van der Waals surface area contributed by atoms with Gasteiger partial charge in [0.05, 0.1) is 18.8 Å². The highest BCUT2D eigenvalue weighted by Crippen LogP contribution is 2.16. The lowest BCUT2D eigenvalue weighted by Crippen LogP contribution is -2.49. The number of rotatable bonds is 43. The summed E-state index contributed by atoms with van der Waals surface area (Å²) in [6.07, 6.45) is 50.8. The molecule has 1 amide bonds. The fourth-order valence-corrected chi connectivity index (χ4v) is 7.42. The van der Waals surface area contributed by atoms with E-state index in [0.29, 0.717) is 12.8 Å². The Morgan fingerprint density at radius 1 is 0.442 bits per heavy atom. The predicted molar refractivity (Wildman–Crippen MR) is 227 cm³/mol. The van der Waals surface area contributed by atoms with Gasteiger partial charge in [-0.3, -0.25) is 4.79 Å². The van der Waals surface area contributed by atoms with Crippen LogP contribution < -0.4 is 5.32 Å². The van der Waals surface area contributed by atoms with Crippen LogP contribution in [-0.2, 0) is 4.79 Å². The highest BCUT2D eigenvalue weighted by Gasteiger charge is 2.23. The number of carbonyl (C=O) groups is 1. The summed E-state index contributed by atoms with van der Waals surface area (Å²) in [6, 6.07) is -0.709. The zero-order valence-corrected chi connectivity index (χ0v) is 35.2. The Kier molecular flexibility index (Phi) is 42.1. The first kappa shape index (κ1) is 51.1. The molecule has 52 heavy (non-hydrogen) atoms. The van der Waals surface area contributed by atoms with Gasteiger partial charge < -0.3 is 20.6 Å². The molecule has 3 atom stereocenters. The largest absolute Gasteiger partial charge is 0.394 e. The molecular formula is C47H93NO4. The number of carbonyl (C=O) groups excluding carboxylic acids is 1. The van der Waals surface area contributed by atoms with Gasteiger partial charge in [-0.25, -0.2) is 0 Å². The highest BCUT2D eigenvalue weighted by molar-refractivity contribution is 5.80. The summed E-state index contributed by atoms with van der Waals surface area (Å²) in [7, 11) is 0. The molecule has 310 valence electrons. The van der Waals surface area contributed by atoms with Crippen LogP contribution in [0.25, 0.3) is 0 Å². The summed E-state index contributed by atoms with van der Waals surface area (Å²) >= 11 is 0. The second-order valence-electron chi connectivity index (χ2n) is 16.3. The highest BCUT2D eigenvalue weighted by atomic mass is 16.3. The Labute approximate surface area is 325 Å². The molecule has 3 unspecified atom stereocenters. The van der Waals surface area contributed by atoms with E-state index in [1.54, 1.807) is 0 Å². The van der Waals surface area contributed by atoms with E-state index in [9.17, 15) is 20.1 Å². The summed E-state index contributed by atoms with van der Waals surface area (Å²) in [6.45, 7) is 4.24. The molecular weight excluding hydrogens is 643 g/mol. The minimum absolute atomic E-state index is 0.311. The molecule has 0 aliphatic heterocycles. The fraction of sp³-hybridized carbons (Fsp3) is 0.936. The van der Waals surface area contributed by atoms with E-state index < -0.39 is 24.2 Å². The summed E-state index contributed by atoms with van der Waals surface area (Å²) in [5, 5.41) is 33.3. The van der Waals surface area contributed by atoms with Crippen molar-refractivity contribution >= 4 is 5.91 Å². The van der Waals surface area contributed by atoms with E-state index in [1.807, 2.05) is 0 Å². The van der Waals surface area contributed by atoms with Gasteiger partial charge in [0.1, 0.15) is 6.10 Å². The van der Waals surface area contributed by atoms with Crippen molar-refractivity contribution in [2.45, 2.75) is 276 Å². The maximum atomic E-state index is 12.5. The van der Waals surface area contributed by atoms with Gasteiger partial charge in [-0.05, 0) is 38.5 Å². The van der Waals surface area contributed by atoms with E-state index in [0.717, 1.165) is 32.1 Å². The van der Waals surface area contributed by atoms with Crippen LogP contribution in [-0.4, -0.2) is 46.1 Å². The quantitative estimate of drug-likeness (QED) is 0.0371. The second-order valence-corrected chi connectivity index (χ2v) is 16.3. The topological polar surface area (TPSA) is 89.8 Å². The number of hydrogen-bond donors (Lipinski definition) is 4. The zero-order chi connectivity index (χ0) is 38.0. The molecule has 5 heteroatoms. The second kappa shape index (κ2) is 42.8. The molecule has 0 bridgehead atoms. The third kappa shape index (κ3) is 37.4. The Balaban J connectivity index is 3.55. The average Bonchev–Trinajstić information content (AvgIpc) is 3.15. The van der Waals surface area contributed by atoms with Crippen molar-refractivity contribution in [1.29, 1.82) is 0 Å². The first-order chi connectivity index (χ1) is 25.6. The predicted octanol–water partition coefficient (Wildman–Crippen LogP) is 13.6. The lowest BCUT2D eigenvalue weighted by molar-refractivity contribution is -0.131. The maximum Gasteiger partial charge on any atom is 0.249 e. The summed E-state index contributed by atoms with van der Waals surface area (Å²) in [5.74, 6) is -0.470. The molecule has 4 N–H and O–H groups in total. The van der Waals surface area contributed by atoms with Gasteiger partial charge >= 0.3 is 0 Å². The molecule has 0 fully saturated rings. The molecule has 0 saturated carbocycles. The number of hydrogen-bond acceptors (Lipinski definition) is 4. The Bertz CT molecular complexity index is 728. The number of aliphatic hydroxyl groups is 3. The Morgan fingerprint density at radius 2 is 0.731 bits per heavy atom. The molecule has 0 saturated heterocycles. The van der Waals surface area contributed by atoms with E-state index in [4.69, 9.17) is 0 Å². The van der Waals surface area contributed by atoms with Gasteiger partial charge in [0.25, 0.3) is 0 Å². The van der Waals surface area contributed by atoms with E-state index in [1.165, 1.54) is 199 Å². The molecule has 0 aliphatic rings. The summed E-state index contributed by atoms with van der Waals surface area (Å²) in [4.78, 5) is 12.5. The van der Waals surface area contributed by atoms with Gasteiger partial charge in [0.15, 0.2) is 0 Å². The minimum atomic E-state index is -1.07. The third-order valence-electron chi connectivity index (χ3n) is 11.1. The van der Waals surface area contributed by atoms with Crippen molar-refractivity contribution < 1.29 is 20.1 Å². The first-order valence-electron chi connectivity index (χ1n) is 23.5. The van der Waals surface area contributed by atoms with E-state index in [-0.39, 0.29) is 6.61 Å². The number of aliphatic hydroxyl groups excluding tert-OH is 3. The molecule has 0 aromatic rings. The third-order valence-corrected chi connectivity index (χ3v) is 11.1. The van der Waals surface area contributed by atoms with Gasteiger partial charge in [-0.1, -0.05) is 231 Å². The first-order valence-corrected chi connectivity index (χ1v) is 23.5. The monoisotopic (exact) mass is 736 g/mol. The van der Waals surface area contributed by atoms with Crippen LogP contribution in [0.4, 0.5) is 0 Å². The molecule has 0 rings (SSSR count). The van der Waals surface area contributed by atoms with E-state index >= 15 is 0 Å². The summed E-state index contributed by atoms with van der Waals surface area (Å²) < 4.78 is 0. The Morgan fingerprint density at radius 3 is 1.06 bits per heavy atom. The van der Waals surface area contributed by atoms with Gasteiger partial charge in [-0.2, -0.15) is 0 Å². The van der Waals surface area contributed by atoms with Crippen LogP contribution in [0.2, 0.25) is 0 Å². The molecule has 0 aromatic carbocycles. The lowest BCUT2D eigenvalue weighted by atomic mass is 10.0. The zero-order valence-electron chi connectivity index (χ0n) is 35.2. The molecule has 0 heterocycles. The lowest BCUT2D eigenvalue weighted by Gasteiger charge is -2.23. The van der Waals surface area contributed by atoms with Crippen molar-refractivity contribution in [3.8, 4) is 0 Å². The molecule has 0 aromatic heterocycles. The minimum Gasteiger partial charge on any atom is -0.394 e. The smallest absolute Gasteiger partial charge is 0.249 e. The van der Waals surface area contributed by atoms with Gasteiger partial charge in [-0.15, -0.1) is 0 Å². The molecule has 0 radical (unpaired) electrons. The maximum absolute atomic E-state index is 12.5. The average molecular weight is 736 g/mol. The number of unbranched alkanes of at least 4 members (excludes halogenated alkanes) is 33. The standard InChI is InChI=1S/C47H93NO4/c1-3-5-7-9-11-13-15-17-18-19-20-21-22-23-24-25-26-27-28-30-32-34-36-38-40-42-46(51)47(52)48-44(43-49)45(50)41-39-37-35-33-31-29-16-14-12-10-8-6-4-2/h23-24,44-46,49-51H,3-22,25-43H2,1-2H3,(H,48,52)/b24-23-. The number of allylic oxidation sites excluding steroid dienone is 2. The summed E-state index contributed by atoms with van der Waals surface area (Å²) in [5.41, 5.74) is 0. The van der Waals surface area contributed by atoms with Gasteiger partial charge in [0.2, 0.25) is 5.91 Å². The van der Waals surface area contributed by atoms with Crippen LogP contribution in [0.5, 0.6) is 0 Å². The molecule has 0 spiro atoms. The molecule has 0 aliphatic carbocycles.